The van der Waals surface area contributed by atoms with E-state index in [9.17, 15) is 18.0 Å². The Morgan fingerprint density at radius 1 is 1.50 bits per heavy atom. The van der Waals surface area contributed by atoms with Crippen molar-refractivity contribution in [3.8, 4) is 0 Å². The van der Waals surface area contributed by atoms with Gasteiger partial charge < -0.3 is 10.4 Å². The Kier molecular flexibility index (Phi) is 5.82. The summed E-state index contributed by atoms with van der Waals surface area (Å²) in [6.07, 6.45) is -1.84. The Labute approximate surface area is 118 Å². The van der Waals surface area contributed by atoms with Crippen molar-refractivity contribution in [1.82, 2.24) is 10.3 Å². The van der Waals surface area contributed by atoms with Crippen molar-refractivity contribution >= 4 is 17.7 Å². The second kappa shape index (κ2) is 6.94. The summed E-state index contributed by atoms with van der Waals surface area (Å²) in [4.78, 5) is 15.1. The number of alkyl halides is 3. The van der Waals surface area contributed by atoms with Crippen LogP contribution in [0, 0.1) is 0 Å². The molecule has 4 nitrogen and oxygen atoms in total. The Hall–Kier alpha value is -1.28. The molecule has 0 radical (unpaired) electrons. The summed E-state index contributed by atoms with van der Waals surface area (Å²) in [6.45, 7) is 1.61. The molecule has 0 fully saturated rings. The molecule has 0 bridgehead atoms. The van der Waals surface area contributed by atoms with E-state index in [0.717, 1.165) is 18.3 Å². The number of hydrogen-bond donors (Lipinski definition) is 2. The fourth-order valence-corrected chi connectivity index (χ4v) is 2.14. The molecule has 0 saturated heterocycles. The van der Waals surface area contributed by atoms with Crippen LogP contribution in [0.4, 0.5) is 13.2 Å². The number of aliphatic hydroxyl groups is 1. The van der Waals surface area contributed by atoms with Crippen LogP contribution < -0.4 is 5.32 Å². The van der Waals surface area contributed by atoms with Gasteiger partial charge in [-0.25, -0.2) is 0 Å². The lowest BCUT2D eigenvalue weighted by Crippen LogP contribution is -2.41. The standard InChI is InChI=1S/C12H15F3N2O2S/c1-7(9(6-18)20-2)17-11(19)8-3-4-10(16-5-8)12(13,14)15/h3-5,7,9,18H,6H2,1-2H3,(H,17,19)/t7-,9-/m0/s1. The molecule has 0 aliphatic rings. The minimum Gasteiger partial charge on any atom is -0.395 e. The number of halogens is 3. The smallest absolute Gasteiger partial charge is 0.395 e. The SMILES string of the molecule is CS[C@@H](CO)[C@H](C)NC(=O)c1ccc(C(F)(F)F)nc1. The molecule has 0 spiro atoms. The normalized spacial score (nSPS) is 14.7. The third kappa shape index (κ3) is 4.38. The van der Waals surface area contributed by atoms with Crippen molar-refractivity contribution < 1.29 is 23.1 Å². The highest BCUT2D eigenvalue weighted by Crippen LogP contribution is 2.27. The van der Waals surface area contributed by atoms with E-state index < -0.39 is 17.8 Å². The average Bonchev–Trinajstić information content (AvgIpc) is 2.39. The van der Waals surface area contributed by atoms with Crippen LogP contribution in [0.2, 0.25) is 0 Å². The number of nitrogens with one attached hydrogen (secondary N) is 1. The summed E-state index contributed by atoms with van der Waals surface area (Å²) >= 11 is 1.39. The lowest BCUT2D eigenvalue weighted by atomic mass is 10.2. The highest BCUT2D eigenvalue weighted by atomic mass is 32.2. The molecule has 0 aliphatic heterocycles. The van der Waals surface area contributed by atoms with Gasteiger partial charge in [-0.3, -0.25) is 9.78 Å². The number of aromatic nitrogens is 1. The minimum atomic E-state index is -4.52. The van der Waals surface area contributed by atoms with Crippen molar-refractivity contribution in [3.05, 3.63) is 29.6 Å². The van der Waals surface area contributed by atoms with E-state index in [2.05, 4.69) is 10.3 Å². The largest absolute Gasteiger partial charge is 0.433 e. The molecule has 2 atom stereocenters. The van der Waals surface area contributed by atoms with Crippen LogP contribution in [0.25, 0.3) is 0 Å². The molecule has 1 rings (SSSR count). The van der Waals surface area contributed by atoms with Gasteiger partial charge in [0.15, 0.2) is 0 Å². The zero-order valence-electron chi connectivity index (χ0n) is 10.9. The quantitative estimate of drug-likeness (QED) is 0.873. The summed E-state index contributed by atoms with van der Waals surface area (Å²) in [6, 6.07) is 1.52. The van der Waals surface area contributed by atoms with Crippen molar-refractivity contribution in [1.29, 1.82) is 0 Å². The van der Waals surface area contributed by atoms with E-state index in [4.69, 9.17) is 5.11 Å². The molecule has 20 heavy (non-hydrogen) atoms. The molecule has 112 valence electrons. The molecule has 0 aliphatic carbocycles. The number of rotatable bonds is 5. The topological polar surface area (TPSA) is 62.2 Å². The number of thioether (sulfide) groups is 1. The molecule has 1 heterocycles. The Morgan fingerprint density at radius 2 is 2.15 bits per heavy atom. The predicted octanol–water partition coefficient (Wildman–Crippen LogP) is 1.94. The number of carbonyl (C=O) groups is 1. The first kappa shape index (κ1) is 16.8. The summed E-state index contributed by atoms with van der Waals surface area (Å²) in [5.74, 6) is -0.522. The highest BCUT2D eigenvalue weighted by Gasteiger charge is 2.32. The monoisotopic (exact) mass is 308 g/mol. The third-order valence-corrected chi connectivity index (χ3v) is 3.88. The maximum absolute atomic E-state index is 12.3. The van der Waals surface area contributed by atoms with E-state index in [0.29, 0.717) is 0 Å². The minimum absolute atomic E-state index is 0.0441. The van der Waals surface area contributed by atoms with Crippen molar-refractivity contribution in [2.75, 3.05) is 12.9 Å². The van der Waals surface area contributed by atoms with E-state index in [1.165, 1.54) is 11.8 Å². The maximum atomic E-state index is 12.3. The molecule has 1 amide bonds. The van der Waals surface area contributed by atoms with Crippen LogP contribution in [0.3, 0.4) is 0 Å². The number of hydrogen-bond acceptors (Lipinski definition) is 4. The molecule has 1 aromatic rings. The summed E-state index contributed by atoms with van der Waals surface area (Å²) in [5.41, 5.74) is -0.998. The average molecular weight is 308 g/mol. The number of pyridine rings is 1. The second-order valence-corrected chi connectivity index (χ2v) is 5.23. The predicted molar refractivity (Wildman–Crippen MR) is 70.6 cm³/mol. The van der Waals surface area contributed by atoms with Crippen LogP contribution in [0.15, 0.2) is 18.3 Å². The Morgan fingerprint density at radius 3 is 2.55 bits per heavy atom. The summed E-state index contributed by atoms with van der Waals surface area (Å²) in [7, 11) is 0. The highest BCUT2D eigenvalue weighted by molar-refractivity contribution is 7.99. The van der Waals surface area contributed by atoms with Crippen molar-refractivity contribution in [2.45, 2.75) is 24.4 Å². The van der Waals surface area contributed by atoms with Crippen LogP contribution >= 0.6 is 11.8 Å². The molecule has 2 N–H and O–H groups in total. The van der Waals surface area contributed by atoms with E-state index in [-0.39, 0.29) is 23.5 Å². The van der Waals surface area contributed by atoms with E-state index in [1.54, 1.807) is 13.2 Å². The van der Waals surface area contributed by atoms with Gasteiger partial charge in [0, 0.05) is 17.5 Å². The van der Waals surface area contributed by atoms with Crippen LogP contribution in [0.5, 0.6) is 0 Å². The van der Waals surface area contributed by atoms with Gasteiger partial charge in [-0.15, -0.1) is 0 Å². The van der Waals surface area contributed by atoms with Gasteiger partial charge in [-0.1, -0.05) is 0 Å². The fraction of sp³-hybridized carbons (Fsp3) is 0.500. The van der Waals surface area contributed by atoms with E-state index >= 15 is 0 Å². The van der Waals surface area contributed by atoms with E-state index in [1.807, 2.05) is 0 Å². The van der Waals surface area contributed by atoms with Crippen molar-refractivity contribution in [3.63, 3.8) is 0 Å². The lowest BCUT2D eigenvalue weighted by Gasteiger charge is -2.21. The first-order valence-corrected chi connectivity index (χ1v) is 7.06. The van der Waals surface area contributed by atoms with Gasteiger partial charge in [-0.05, 0) is 25.3 Å². The molecule has 1 aromatic heterocycles. The van der Waals surface area contributed by atoms with Gasteiger partial charge in [0.1, 0.15) is 5.69 Å². The maximum Gasteiger partial charge on any atom is 0.433 e. The molecular weight excluding hydrogens is 293 g/mol. The van der Waals surface area contributed by atoms with Gasteiger partial charge in [0.25, 0.3) is 5.91 Å². The second-order valence-electron chi connectivity index (χ2n) is 4.15. The zero-order chi connectivity index (χ0) is 15.3. The van der Waals surface area contributed by atoms with Gasteiger partial charge in [0.05, 0.1) is 12.2 Å². The van der Waals surface area contributed by atoms with Gasteiger partial charge >= 0.3 is 6.18 Å². The Balaban J connectivity index is 2.73. The van der Waals surface area contributed by atoms with Crippen LogP contribution in [-0.2, 0) is 6.18 Å². The zero-order valence-corrected chi connectivity index (χ0v) is 11.8. The molecule has 0 aromatic carbocycles. The van der Waals surface area contributed by atoms with Crippen LogP contribution in [-0.4, -0.2) is 40.2 Å². The van der Waals surface area contributed by atoms with Crippen LogP contribution in [0.1, 0.15) is 23.0 Å². The third-order valence-electron chi connectivity index (χ3n) is 2.72. The summed E-state index contributed by atoms with van der Waals surface area (Å²) in [5, 5.41) is 11.5. The Bertz CT molecular complexity index is 447. The molecular formula is C12H15F3N2O2S. The first-order chi connectivity index (χ1) is 9.29. The number of aliphatic hydroxyl groups excluding tert-OH is 1. The number of amides is 1. The lowest BCUT2D eigenvalue weighted by molar-refractivity contribution is -0.141. The molecule has 0 unspecified atom stereocenters. The number of nitrogens with zero attached hydrogens (tertiary/aromatic N) is 1. The first-order valence-electron chi connectivity index (χ1n) is 5.77. The molecule has 0 saturated carbocycles. The van der Waals surface area contributed by atoms with Gasteiger partial charge in [-0.2, -0.15) is 24.9 Å². The number of carbonyl (C=O) groups excluding carboxylic acids is 1. The summed E-state index contributed by atoms with van der Waals surface area (Å²) < 4.78 is 37.0. The van der Waals surface area contributed by atoms with Gasteiger partial charge in [0.2, 0.25) is 0 Å². The molecule has 8 heteroatoms. The van der Waals surface area contributed by atoms with Crippen molar-refractivity contribution in [2.24, 2.45) is 0 Å². The fourth-order valence-electron chi connectivity index (χ4n) is 1.52.